The highest BCUT2D eigenvalue weighted by Gasteiger charge is 2.39. The zero-order chi connectivity index (χ0) is 28.0. The summed E-state index contributed by atoms with van der Waals surface area (Å²) in [6.45, 7) is 1.45. The molecule has 1 atom stereocenters. The van der Waals surface area contributed by atoms with Crippen molar-refractivity contribution >= 4 is 34.9 Å². The van der Waals surface area contributed by atoms with E-state index in [1.54, 1.807) is 18.3 Å². The third kappa shape index (κ3) is 6.44. The lowest BCUT2D eigenvalue weighted by Crippen LogP contribution is -2.53. The molecule has 40 heavy (non-hydrogen) atoms. The molecule has 204 valence electrons. The van der Waals surface area contributed by atoms with Gasteiger partial charge in [-0.3, -0.25) is 19.5 Å². The molecule has 1 aliphatic heterocycles. The number of piperidine rings is 1. The van der Waals surface area contributed by atoms with Gasteiger partial charge in [0.1, 0.15) is 5.69 Å². The van der Waals surface area contributed by atoms with Gasteiger partial charge in [0.05, 0.1) is 15.6 Å². The molecule has 5 nitrogen and oxygen atoms in total. The summed E-state index contributed by atoms with van der Waals surface area (Å²) in [4.78, 5) is 32.9. The SMILES string of the molecule is O=C(CCC(c1ccc(Cl)c(Cl)c1)N1CCC(NC(=O)c2ccccn2)(c2ccccc2)CC1)c1ccccc1. The van der Waals surface area contributed by atoms with Crippen LogP contribution in [0.4, 0.5) is 0 Å². The average molecular weight is 573 g/mol. The molecule has 1 unspecified atom stereocenters. The summed E-state index contributed by atoms with van der Waals surface area (Å²) in [6.07, 6.45) is 4.10. The van der Waals surface area contributed by atoms with Crippen LogP contribution in [0.1, 0.15) is 63.7 Å². The fourth-order valence-corrected chi connectivity index (χ4v) is 5.86. The summed E-state index contributed by atoms with van der Waals surface area (Å²) < 4.78 is 0. The van der Waals surface area contributed by atoms with Crippen molar-refractivity contribution in [3.05, 3.63) is 136 Å². The van der Waals surface area contributed by atoms with Gasteiger partial charge in [0.2, 0.25) is 0 Å². The number of carbonyl (C=O) groups excluding carboxylic acids is 2. The molecule has 1 N–H and O–H groups in total. The topological polar surface area (TPSA) is 62.3 Å². The molecule has 2 heterocycles. The number of likely N-dealkylation sites (tertiary alicyclic amines) is 1. The predicted octanol–water partition coefficient (Wildman–Crippen LogP) is 7.51. The van der Waals surface area contributed by atoms with Crippen LogP contribution in [0.25, 0.3) is 0 Å². The van der Waals surface area contributed by atoms with Gasteiger partial charge in [0.15, 0.2) is 5.78 Å². The predicted molar refractivity (Wildman–Crippen MR) is 160 cm³/mol. The van der Waals surface area contributed by atoms with Crippen LogP contribution in [0.5, 0.6) is 0 Å². The van der Waals surface area contributed by atoms with E-state index in [0.717, 1.165) is 29.8 Å². The number of halogens is 2. The largest absolute Gasteiger partial charge is 0.341 e. The number of nitrogens with zero attached hydrogens (tertiary/aromatic N) is 2. The van der Waals surface area contributed by atoms with Crippen LogP contribution in [0.3, 0.4) is 0 Å². The lowest BCUT2D eigenvalue weighted by Gasteiger charge is -2.45. The molecule has 0 saturated carbocycles. The molecule has 0 spiro atoms. The van der Waals surface area contributed by atoms with Crippen molar-refractivity contribution in [2.75, 3.05) is 13.1 Å². The van der Waals surface area contributed by atoms with Crippen molar-refractivity contribution in [3.8, 4) is 0 Å². The second-order valence-electron chi connectivity index (χ2n) is 10.2. The van der Waals surface area contributed by atoms with Crippen LogP contribution in [0.15, 0.2) is 103 Å². The van der Waals surface area contributed by atoms with E-state index in [2.05, 4.69) is 27.3 Å². The third-order valence-electron chi connectivity index (χ3n) is 7.74. The highest BCUT2D eigenvalue weighted by Crippen LogP contribution is 2.39. The molecule has 4 aromatic rings. The molecular formula is C33H31Cl2N3O2. The smallest absolute Gasteiger partial charge is 0.270 e. The first-order chi connectivity index (χ1) is 19.4. The van der Waals surface area contributed by atoms with E-state index >= 15 is 0 Å². The lowest BCUT2D eigenvalue weighted by molar-refractivity contribution is 0.0689. The average Bonchev–Trinajstić information content (AvgIpc) is 3.01. The quantitative estimate of drug-likeness (QED) is 0.211. The number of amides is 1. The number of aromatic nitrogens is 1. The van der Waals surface area contributed by atoms with Crippen molar-refractivity contribution in [2.45, 2.75) is 37.3 Å². The van der Waals surface area contributed by atoms with Crippen LogP contribution in [-0.4, -0.2) is 34.7 Å². The van der Waals surface area contributed by atoms with Gasteiger partial charge in [-0.25, -0.2) is 0 Å². The van der Waals surface area contributed by atoms with E-state index < -0.39 is 5.54 Å². The van der Waals surface area contributed by atoms with E-state index in [1.807, 2.05) is 72.8 Å². The first-order valence-corrected chi connectivity index (χ1v) is 14.3. The van der Waals surface area contributed by atoms with E-state index in [-0.39, 0.29) is 17.7 Å². The summed E-state index contributed by atoms with van der Waals surface area (Å²) >= 11 is 12.7. The maximum Gasteiger partial charge on any atom is 0.270 e. The van der Waals surface area contributed by atoms with Crippen molar-refractivity contribution in [1.29, 1.82) is 0 Å². The number of rotatable bonds is 9. The Morgan fingerprint density at radius 3 is 2.17 bits per heavy atom. The second kappa shape index (κ2) is 12.8. The zero-order valence-electron chi connectivity index (χ0n) is 22.1. The number of ketones is 1. The molecule has 7 heteroatoms. The van der Waals surface area contributed by atoms with Gasteiger partial charge >= 0.3 is 0 Å². The van der Waals surface area contributed by atoms with Gasteiger partial charge in [-0.2, -0.15) is 0 Å². The number of pyridine rings is 1. The highest BCUT2D eigenvalue weighted by molar-refractivity contribution is 6.42. The Morgan fingerprint density at radius 1 is 0.850 bits per heavy atom. The van der Waals surface area contributed by atoms with Gasteiger partial charge in [-0.15, -0.1) is 0 Å². The summed E-state index contributed by atoms with van der Waals surface area (Å²) in [5, 5.41) is 4.33. The molecule has 5 rings (SSSR count). The van der Waals surface area contributed by atoms with Gasteiger partial charge < -0.3 is 5.32 Å². The maximum atomic E-state index is 13.3. The minimum atomic E-state index is -0.533. The second-order valence-corrected chi connectivity index (χ2v) is 11.0. The third-order valence-corrected chi connectivity index (χ3v) is 8.48. The number of Topliss-reactive ketones (excluding diaryl/α,β-unsaturated/α-hetero) is 1. The van der Waals surface area contributed by atoms with E-state index in [9.17, 15) is 9.59 Å². The molecular weight excluding hydrogens is 541 g/mol. The lowest BCUT2D eigenvalue weighted by atomic mass is 9.79. The van der Waals surface area contributed by atoms with Crippen LogP contribution in [-0.2, 0) is 5.54 Å². The van der Waals surface area contributed by atoms with Crippen LogP contribution in [0.2, 0.25) is 10.0 Å². The minimum Gasteiger partial charge on any atom is -0.341 e. The standard InChI is InChI=1S/C33H31Cl2N3O2/c34-27-15-14-25(23-28(27)35)30(16-17-31(39)24-9-3-1-4-10-24)38-21-18-33(19-22-38,26-11-5-2-6-12-26)37-32(40)29-13-7-8-20-36-29/h1-15,20,23,30H,16-19,21-22H2,(H,37,40). The van der Waals surface area contributed by atoms with E-state index in [1.165, 1.54) is 0 Å². The normalized spacial score (nSPS) is 15.8. The summed E-state index contributed by atoms with van der Waals surface area (Å²) in [7, 11) is 0. The highest BCUT2D eigenvalue weighted by atomic mass is 35.5. The number of carbonyl (C=O) groups is 2. The van der Waals surface area contributed by atoms with E-state index in [4.69, 9.17) is 23.2 Å². The summed E-state index contributed by atoms with van der Waals surface area (Å²) in [5.41, 5.74) is 2.68. The van der Waals surface area contributed by atoms with Gasteiger partial charge in [0.25, 0.3) is 5.91 Å². The van der Waals surface area contributed by atoms with Crippen molar-refractivity contribution in [1.82, 2.24) is 15.2 Å². The molecule has 0 aliphatic carbocycles. The number of benzene rings is 3. The molecule has 0 bridgehead atoms. The van der Waals surface area contributed by atoms with Crippen molar-refractivity contribution in [3.63, 3.8) is 0 Å². The molecule has 1 fully saturated rings. The Kier molecular flexibility index (Phi) is 8.95. The van der Waals surface area contributed by atoms with Gasteiger partial charge in [-0.1, -0.05) is 96.0 Å². The minimum absolute atomic E-state index is 0.0253. The molecule has 1 aromatic heterocycles. The van der Waals surface area contributed by atoms with Crippen LogP contribution >= 0.6 is 23.2 Å². The monoisotopic (exact) mass is 571 g/mol. The van der Waals surface area contributed by atoms with E-state index in [0.29, 0.717) is 41.4 Å². The molecule has 1 aliphatic rings. The molecule has 1 amide bonds. The van der Waals surface area contributed by atoms with Gasteiger partial charge in [-0.05, 0) is 54.7 Å². The fourth-order valence-electron chi connectivity index (χ4n) is 5.55. The van der Waals surface area contributed by atoms with Crippen molar-refractivity contribution in [2.24, 2.45) is 0 Å². The number of hydrogen-bond acceptors (Lipinski definition) is 4. The number of nitrogens with one attached hydrogen (secondary N) is 1. The maximum absolute atomic E-state index is 13.3. The molecule has 1 saturated heterocycles. The van der Waals surface area contributed by atoms with Gasteiger partial charge in [0, 0.05) is 37.3 Å². The molecule has 0 radical (unpaired) electrons. The number of hydrogen-bond donors (Lipinski definition) is 1. The first kappa shape index (κ1) is 28.0. The van der Waals surface area contributed by atoms with Crippen molar-refractivity contribution < 1.29 is 9.59 Å². The Morgan fingerprint density at radius 2 is 1.52 bits per heavy atom. The Balaban J connectivity index is 1.38. The van der Waals surface area contributed by atoms with Crippen LogP contribution in [0, 0.1) is 0 Å². The Hall–Kier alpha value is -3.51. The zero-order valence-corrected chi connectivity index (χ0v) is 23.6. The Labute approximate surface area is 245 Å². The Bertz CT molecular complexity index is 1440. The fraction of sp³-hybridized carbons (Fsp3) is 0.242. The van der Waals surface area contributed by atoms with Crippen LogP contribution < -0.4 is 5.32 Å². The summed E-state index contributed by atoms with van der Waals surface area (Å²) in [6, 6.07) is 30.6. The first-order valence-electron chi connectivity index (χ1n) is 13.5. The molecule has 3 aromatic carbocycles. The summed E-state index contributed by atoms with van der Waals surface area (Å²) in [5.74, 6) is -0.0729.